The van der Waals surface area contributed by atoms with Crippen LogP contribution in [0.25, 0.3) is 10.6 Å². The first-order chi connectivity index (χ1) is 13.8. The molecule has 1 aliphatic rings. The normalized spacial score (nSPS) is 17.1. The van der Waals surface area contributed by atoms with E-state index < -0.39 is 16.1 Å². The van der Waals surface area contributed by atoms with Crippen LogP contribution in [0.3, 0.4) is 0 Å². The van der Waals surface area contributed by atoms with Crippen LogP contribution in [0.1, 0.15) is 19.4 Å². The molecule has 0 spiro atoms. The number of anilines is 1. The summed E-state index contributed by atoms with van der Waals surface area (Å²) in [4.78, 5) is 17.5. The Hall–Kier alpha value is -2.63. The van der Waals surface area contributed by atoms with Crippen molar-refractivity contribution in [3.63, 3.8) is 0 Å². The van der Waals surface area contributed by atoms with Crippen LogP contribution in [-0.4, -0.2) is 36.4 Å². The molecule has 1 aromatic carbocycles. The molecule has 2 aromatic heterocycles. The first-order valence-electron chi connectivity index (χ1n) is 8.72. The topological polar surface area (TPSA) is 113 Å². The van der Waals surface area contributed by atoms with Crippen LogP contribution in [0.4, 0.5) is 5.13 Å². The molecule has 0 saturated heterocycles. The Morgan fingerprint density at radius 2 is 2.00 bits per heavy atom. The second-order valence-electron chi connectivity index (χ2n) is 6.68. The zero-order valence-electron chi connectivity index (χ0n) is 15.5. The van der Waals surface area contributed by atoms with E-state index in [2.05, 4.69) is 25.2 Å². The number of rotatable bonds is 5. The van der Waals surface area contributed by atoms with Crippen molar-refractivity contribution in [1.82, 2.24) is 14.9 Å². The van der Waals surface area contributed by atoms with Crippen molar-refractivity contribution in [2.24, 2.45) is 10.9 Å². The van der Waals surface area contributed by atoms with Crippen molar-refractivity contribution >= 4 is 49.6 Å². The third-order valence-electron chi connectivity index (χ3n) is 4.25. The summed E-state index contributed by atoms with van der Waals surface area (Å²) in [6.45, 7) is 3.70. The highest BCUT2D eigenvalue weighted by Gasteiger charge is 2.32. The molecule has 1 amide bonds. The molecular weight excluding hydrogens is 430 g/mol. The van der Waals surface area contributed by atoms with Gasteiger partial charge in [0.15, 0.2) is 0 Å². The van der Waals surface area contributed by atoms with Gasteiger partial charge in [0.2, 0.25) is 5.13 Å². The van der Waals surface area contributed by atoms with E-state index in [4.69, 9.17) is 0 Å². The van der Waals surface area contributed by atoms with E-state index in [1.807, 2.05) is 30.7 Å². The van der Waals surface area contributed by atoms with Crippen molar-refractivity contribution < 1.29 is 13.2 Å². The van der Waals surface area contributed by atoms with E-state index in [0.717, 1.165) is 5.56 Å². The largest absolute Gasteiger partial charge is 0.299 e. The van der Waals surface area contributed by atoms with Gasteiger partial charge in [0.1, 0.15) is 16.9 Å². The number of aliphatic imine (C=N–C) groups is 1. The predicted molar refractivity (Wildman–Crippen MR) is 114 cm³/mol. The smallest absolute Gasteiger partial charge is 0.263 e. The van der Waals surface area contributed by atoms with Crippen LogP contribution in [0, 0.1) is 5.92 Å². The predicted octanol–water partition coefficient (Wildman–Crippen LogP) is 2.97. The van der Waals surface area contributed by atoms with Gasteiger partial charge in [-0.25, -0.2) is 8.42 Å². The molecular formula is C18H17N5O3S3. The summed E-state index contributed by atoms with van der Waals surface area (Å²) in [7, 11) is -3.66. The molecule has 29 heavy (non-hydrogen) atoms. The molecule has 0 aliphatic carbocycles. The highest BCUT2D eigenvalue weighted by Crippen LogP contribution is 2.28. The SMILES string of the molecule is CC(C)[C@H](N=C1NS(=O)(=O)c2ccccc21)C(=O)Nc1nnc(-c2ccsc2)s1. The van der Waals surface area contributed by atoms with Crippen LogP contribution in [-0.2, 0) is 14.8 Å². The summed E-state index contributed by atoms with van der Waals surface area (Å²) >= 11 is 2.83. The number of thiophene rings is 1. The fourth-order valence-electron chi connectivity index (χ4n) is 2.84. The molecule has 0 saturated carbocycles. The van der Waals surface area contributed by atoms with Crippen LogP contribution in [0.2, 0.25) is 0 Å². The van der Waals surface area contributed by atoms with Gasteiger partial charge in [-0.1, -0.05) is 37.3 Å². The van der Waals surface area contributed by atoms with Crippen molar-refractivity contribution in [1.29, 1.82) is 0 Å². The molecule has 0 fully saturated rings. The first kappa shape index (κ1) is 19.7. The fraction of sp³-hybridized carbons (Fsp3) is 0.222. The highest BCUT2D eigenvalue weighted by atomic mass is 32.2. The lowest BCUT2D eigenvalue weighted by atomic mass is 10.0. The van der Waals surface area contributed by atoms with Gasteiger partial charge in [-0.05, 0) is 29.5 Å². The molecule has 3 heterocycles. The fourth-order valence-corrected chi connectivity index (χ4v) is 5.53. The van der Waals surface area contributed by atoms with Gasteiger partial charge in [-0.2, -0.15) is 11.3 Å². The minimum atomic E-state index is -3.66. The van der Waals surface area contributed by atoms with E-state index in [0.29, 0.717) is 15.7 Å². The second kappa shape index (κ2) is 7.65. The molecule has 1 aliphatic heterocycles. The molecule has 1 atom stereocenters. The zero-order chi connectivity index (χ0) is 20.6. The minimum absolute atomic E-state index is 0.159. The Kier molecular flexibility index (Phi) is 5.19. The number of hydrogen-bond acceptors (Lipinski definition) is 8. The Bertz CT molecular complexity index is 1180. The number of benzene rings is 1. The molecule has 0 radical (unpaired) electrons. The lowest BCUT2D eigenvalue weighted by Gasteiger charge is -2.16. The van der Waals surface area contributed by atoms with Gasteiger partial charge in [-0.15, -0.1) is 10.2 Å². The molecule has 3 aromatic rings. The van der Waals surface area contributed by atoms with E-state index in [1.54, 1.807) is 29.5 Å². The van der Waals surface area contributed by atoms with Gasteiger partial charge >= 0.3 is 0 Å². The number of fused-ring (bicyclic) bond motifs is 1. The Morgan fingerprint density at radius 3 is 2.72 bits per heavy atom. The number of amides is 1. The van der Waals surface area contributed by atoms with Crippen molar-refractivity contribution in [3.8, 4) is 10.6 Å². The molecule has 4 rings (SSSR count). The number of nitrogens with one attached hydrogen (secondary N) is 2. The quantitative estimate of drug-likeness (QED) is 0.624. The summed E-state index contributed by atoms with van der Waals surface area (Å²) in [5.74, 6) is -0.362. The average molecular weight is 448 g/mol. The summed E-state index contributed by atoms with van der Waals surface area (Å²) in [5.41, 5.74) is 1.41. The molecule has 8 nitrogen and oxygen atoms in total. The van der Waals surface area contributed by atoms with Crippen LogP contribution >= 0.6 is 22.7 Å². The van der Waals surface area contributed by atoms with E-state index >= 15 is 0 Å². The Morgan fingerprint density at radius 1 is 1.21 bits per heavy atom. The number of aromatic nitrogens is 2. The Balaban J connectivity index is 1.59. The second-order valence-corrected chi connectivity index (χ2v) is 10.1. The van der Waals surface area contributed by atoms with Gasteiger partial charge in [-0.3, -0.25) is 19.8 Å². The number of sulfonamides is 1. The summed E-state index contributed by atoms with van der Waals surface area (Å²) in [6, 6.07) is 7.69. The van der Waals surface area contributed by atoms with Gasteiger partial charge in [0.25, 0.3) is 15.9 Å². The first-order valence-corrected chi connectivity index (χ1v) is 12.0. The van der Waals surface area contributed by atoms with Gasteiger partial charge in [0, 0.05) is 16.5 Å². The lowest BCUT2D eigenvalue weighted by molar-refractivity contribution is -0.118. The van der Waals surface area contributed by atoms with Crippen molar-refractivity contribution in [2.75, 3.05) is 5.32 Å². The number of nitrogens with zero attached hydrogens (tertiary/aromatic N) is 3. The van der Waals surface area contributed by atoms with E-state index in [9.17, 15) is 13.2 Å². The minimum Gasteiger partial charge on any atom is -0.299 e. The van der Waals surface area contributed by atoms with Crippen molar-refractivity contribution in [2.45, 2.75) is 24.8 Å². The van der Waals surface area contributed by atoms with Gasteiger partial charge < -0.3 is 0 Å². The number of carbonyl (C=O) groups is 1. The summed E-state index contributed by atoms with van der Waals surface area (Å²) in [5, 5.41) is 15.9. The average Bonchev–Trinajstić information content (AvgIpc) is 3.40. The third-order valence-corrected chi connectivity index (χ3v) is 7.22. The van der Waals surface area contributed by atoms with Crippen LogP contribution in [0.15, 0.2) is 51.0 Å². The number of carbonyl (C=O) groups excluding carboxylic acids is 1. The van der Waals surface area contributed by atoms with E-state index in [-0.39, 0.29) is 22.6 Å². The maximum Gasteiger partial charge on any atom is 0.263 e. The third kappa shape index (κ3) is 3.93. The monoisotopic (exact) mass is 447 g/mol. The molecule has 150 valence electrons. The number of hydrogen-bond donors (Lipinski definition) is 2. The molecule has 11 heteroatoms. The lowest BCUT2D eigenvalue weighted by Crippen LogP contribution is -2.34. The Labute approximate surface area is 175 Å². The van der Waals surface area contributed by atoms with Gasteiger partial charge in [0.05, 0.1) is 4.90 Å². The van der Waals surface area contributed by atoms with Crippen LogP contribution in [0.5, 0.6) is 0 Å². The van der Waals surface area contributed by atoms with Crippen molar-refractivity contribution in [3.05, 3.63) is 46.7 Å². The zero-order valence-corrected chi connectivity index (χ0v) is 17.9. The molecule has 0 bridgehead atoms. The highest BCUT2D eigenvalue weighted by molar-refractivity contribution is 7.90. The maximum absolute atomic E-state index is 12.9. The summed E-state index contributed by atoms with van der Waals surface area (Å²) in [6.07, 6.45) is 0. The molecule has 2 N–H and O–H groups in total. The molecule has 0 unspecified atom stereocenters. The van der Waals surface area contributed by atoms with E-state index in [1.165, 1.54) is 17.4 Å². The maximum atomic E-state index is 12.9. The standard InChI is InChI=1S/C18H17N5O3S3/c1-10(2)14(19-15-12-5-3-4-6-13(12)29(25,26)23-15)16(24)20-18-22-21-17(28-18)11-7-8-27-9-11/h3-10,14H,1-2H3,(H,19,23)(H,20,22,24)/t14-/m0/s1. The summed E-state index contributed by atoms with van der Waals surface area (Å²) < 4.78 is 27.0. The number of amidine groups is 1. The van der Waals surface area contributed by atoms with Crippen LogP contribution < -0.4 is 10.0 Å².